The molecule has 0 bridgehead atoms. The van der Waals surface area contributed by atoms with Crippen LogP contribution < -0.4 is 19.5 Å². The Morgan fingerprint density at radius 3 is 2.10 bits per heavy atom. The highest BCUT2D eigenvalue weighted by atomic mass is 32.2. The summed E-state index contributed by atoms with van der Waals surface area (Å²) in [6, 6.07) is 5.15. The lowest BCUT2D eigenvalue weighted by Crippen LogP contribution is -2.29. The zero-order chi connectivity index (χ0) is 22.1. The minimum atomic E-state index is -3.73. The number of carbonyl (C=O) groups is 1. The number of rotatable bonds is 6. The Bertz CT molecular complexity index is 1060. The maximum absolute atomic E-state index is 12.9. The van der Waals surface area contributed by atoms with Gasteiger partial charge in [0.2, 0.25) is 15.9 Å². The van der Waals surface area contributed by atoms with Crippen LogP contribution in [0.2, 0.25) is 0 Å². The van der Waals surface area contributed by atoms with Crippen molar-refractivity contribution in [3.63, 3.8) is 0 Å². The van der Waals surface area contributed by atoms with Crippen LogP contribution in [0.15, 0.2) is 23.1 Å². The molecule has 0 aliphatic carbocycles. The molecule has 2 aromatic carbocycles. The molecule has 0 unspecified atom stereocenters. The molecule has 0 spiro atoms. The van der Waals surface area contributed by atoms with E-state index in [1.54, 1.807) is 18.2 Å². The van der Waals surface area contributed by atoms with Crippen molar-refractivity contribution < 1.29 is 22.7 Å². The van der Waals surface area contributed by atoms with E-state index in [9.17, 15) is 13.2 Å². The predicted molar refractivity (Wildman–Crippen MR) is 116 cm³/mol. The van der Waals surface area contributed by atoms with Gasteiger partial charge in [0.25, 0.3) is 0 Å². The van der Waals surface area contributed by atoms with Gasteiger partial charge < -0.3 is 14.8 Å². The van der Waals surface area contributed by atoms with Crippen molar-refractivity contribution in [3.05, 3.63) is 46.0 Å². The van der Waals surface area contributed by atoms with Gasteiger partial charge in [-0.15, -0.1) is 0 Å². The van der Waals surface area contributed by atoms with Crippen LogP contribution in [0.25, 0.3) is 0 Å². The summed E-state index contributed by atoms with van der Waals surface area (Å²) in [5, 5.41) is 2.76. The highest BCUT2D eigenvalue weighted by Crippen LogP contribution is 2.32. The summed E-state index contributed by atoms with van der Waals surface area (Å²) in [5.41, 5.74) is 5.09. The van der Waals surface area contributed by atoms with Crippen molar-refractivity contribution >= 4 is 21.6 Å². The van der Waals surface area contributed by atoms with E-state index >= 15 is 0 Å². The van der Waals surface area contributed by atoms with E-state index in [4.69, 9.17) is 9.47 Å². The summed E-state index contributed by atoms with van der Waals surface area (Å²) < 4.78 is 39.4. The van der Waals surface area contributed by atoms with Crippen molar-refractivity contribution in [1.82, 2.24) is 4.72 Å². The summed E-state index contributed by atoms with van der Waals surface area (Å²) in [6.07, 6.45) is 0.00952. The predicted octanol–water partition coefficient (Wildman–Crippen LogP) is 3.31. The highest BCUT2D eigenvalue weighted by Gasteiger charge is 2.23. The minimum Gasteiger partial charge on any atom is -0.486 e. The molecular formula is C22H28N2O5S. The molecule has 0 aromatic heterocycles. The van der Waals surface area contributed by atoms with Gasteiger partial charge in [-0.05, 0) is 74.6 Å². The number of nitrogens with one attached hydrogen (secondary N) is 2. The van der Waals surface area contributed by atoms with E-state index in [0.29, 0.717) is 35.3 Å². The lowest BCUT2D eigenvalue weighted by Gasteiger charge is -2.19. The fraction of sp³-hybridized carbons (Fsp3) is 0.409. The Kier molecular flexibility index (Phi) is 6.38. The number of sulfonamides is 1. The quantitative estimate of drug-likeness (QED) is 0.730. The Labute approximate surface area is 177 Å². The van der Waals surface area contributed by atoms with E-state index in [-0.39, 0.29) is 18.9 Å². The third-order valence-electron chi connectivity index (χ3n) is 5.67. The third-order valence-corrected chi connectivity index (χ3v) is 7.40. The van der Waals surface area contributed by atoms with E-state index in [2.05, 4.69) is 10.0 Å². The first-order valence-electron chi connectivity index (χ1n) is 9.88. The molecule has 3 rings (SSSR count). The second kappa shape index (κ2) is 8.65. The molecule has 0 atom stereocenters. The topological polar surface area (TPSA) is 93.7 Å². The minimum absolute atomic E-state index is 0.00354. The number of fused-ring (bicyclic) bond motifs is 1. The van der Waals surface area contributed by atoms with Gasteiger partial charge >= 0.3 is 0 Å². The van der Waals surface area contributed by atoms with Gasteiger partial charge in [-0.2, -0.15) is 0 Å². The molecule has 8 heteroatoms. The standard InChI is InChI=1S/C22H28N2O5S/c1-13-14(2)16(4)22(17(5)15(13)3)30(26,27)23-9-8-21(25)24-18-6-7-19-20(12-18)29-11-10-28-19/h6-7,12,23H,8-11H2,1-5H3,(H,24,25). The van der Waals surface area contributed by atoms with E-state index in [0.717, 1.165) is 27.8 Å². The fourth-order valence-corrected chi connectivity index (χ4v) is 5.21. The van der Waals surface area contributed by atoms with Gasteiger partial charge in [0.15, 0.2) is 11.5 Å². The number of benzene rings is 2. The molecule has 2 aromatic rings. The van der Waals surface area contributed by atoms with Gasteiger partial charge in [-0.1, -0.05) is 0 Å². The van der Waals surface area contributed by atoms with Crippen LogP contribution in [-0.2, 0) is 14.8 Å². The molecule has 7 nitrogen and oxygen atoms in total. The number of carbonyl (C=O) groups excluding carboxylic acids is 1. The monoisotopic (exact) mass is 432 g/mol. The molecule has 0 saturated carbocycles. The van der Waals surface area contributed by atoms with Crippen molar-refractivity contribution in [2.24, 2.45) is 0 Å². The molecule has 2 N–H and O–H groups in total. The molecule has 1 heterocycles. The molecule has 1 amide bonds. The third kappa shape index (κ3) is 4.44. The normalized spacial score (nSPS) is 13.2. The Morgan fingerprint density at radius 2 is 1.47 bits per heavy atom. The number of ether oxygens (including phenoxy) is 2. The Hall–Kier alpha value is -2.58. The van der Waals surface area contributed by atoms with Crippen LogP contribution in [0, 0.1) is 34.6 Å². The lowest BCUT2D eigenvalue weighted by atomic mass is 9.95. The first kappa shape index (κ1) is 22.1. The van der Waals surface area contributed by atoms with Gasteiger partial charge in [-0.25, -0.2) is 13.1 Å². The summed E-state index contributed by atoms with van der Waals surface area (Å²) in [5.74, 6) is 0.927. The van der Waals surface area contributed by atoms with Crippen LogP contribution >= 0.6 is 0 Å². The largest absolute Gasteiger partial charge is 0.486 e. The first-order valence-corrected chi connectivity index (χ1v) is 11.4. The summed E-state index contributed by atoms with van der Waals surface area (Å²) in [6.45, 7) is 10.4. The number of amides is 1. The smallest absolute Gasteiger partial charge is 0.241 e. The van der Waals surface area contributed by atoms with Crippen LogP contribution in [0.5, 0.6) is 11.5 Å². The van der Waals surface area contributed by atoms with Crippen molar-refractivity contribution in [3.8, 4) is 11.5 Å². The van der Waals surface area contributed by atoms with Crippen LogP contribution in [0.1, 0.15) is 34.2 Å². The molecule has 1 aliphatic heterocycles. The van der Waals surface area contributed by atoms with Gasteiger partial charge in [-0.3, -0.25) is 4.79 Å². The maximum Gasteiger partial charge on any atom is 0.241 e. The fourth-order valence-electron chi connectivity index (χ4n) is 3.58. The van der Waals surface area contributed by atoms with E-state index < -0.39 is 10.0 Å². The molecule has 0 fully saturated rings. The molecule has 30 heavy (non-hydrogen) atoms. The summed E-state index contributed by atoms with van der Waals surface area (Å²) in [7, 11) is -3.73. The van der Waals surface area contributed by atoms with Crippen molar-refractivity contribution in [1.29, 1.82) is 0 Å². The van der Waals surface area contributed by atoms with Gasteiger partial charge in [0.1, 0.15) is 13.2 Å². The average Bonchev–Trinajstić information content (AvgIpc) is 2.70. The molecular weight excluding hydrogens is 404 g/mol. The highest BCUT2D eigenvalue weighted by molar-refractivity contribution is 7.89. The Balaban J connectivity index is 1.64. The first-order chi connectivity index (χ1) is 14.1. The van der Waals surface area contributed by atoms with E-state index in [1.807, 2.05) is 34.6 Å². The van der Waals surface area contributed by atoms with E-state index in [1.165, 1.54) is 0 Å². The van der Waals surface area contributed by atoms with Gasteiger partial charge in [0, 0.05) is 24.7 Å². The second-order valence-electron chi connectivity index (χ2n) is 7.51. The SMILES string of the molecule is Cc1c(C)c(C)c(S(=O)(=O)NCCC(=O)Nc2ccc3c(c2)OCCO3)c(C)c1C. The number of hydrogen-bond donors (Lipinski definition) is 2. The molecule has 162 valence electrons. The van der Waals surface area contributed by atoms with Crippen LogP contribution in [-0.4, -0.2) is 34.1 Å². The second-order valence-corrected chi connectivity index (χ2v) is 9.21. The average molecular weight is 433 g/mol. The van der Waals surface area contributed by atoms with Gasteiger partial charge in [0.05, 0.1) is 4.90 Å². The number of hydrogen-bond acceptors (Lipinski definition) is 5. The Morgan fingerprint density at radius 1 is 0.900 bits per heavy atom. The number of anilines is 1. The maximum atomic E-state index is 12.9. The zero-order valence-corrected chi connectivity index (χ0v) is 18.8. The molecule has 0 radical (unpaired) electrons. The van der Waals surface area contributed by atoms with Crippen LogP contribution in [0.3, 0.4) is 0 Å². The van der Waals surface area contributed by atoms with Crippen LogP contribution in [0.4, 0.5) is 5.69 Å². The summed E-state index contributed by atoms with van der Waals surface area (Å²) >= 11 is 0. The lowest BCUT2D eigenvalue weighted by molar-refractivity contribution is -0.116. The molecule has 0 saturated heterocycles. The zero-order valence-electron chi connectivity index (χ0n) is 18.0. The van der Waals surface area contributed by atoms with Crippen molar-refractivity contribution in [2.75, 3.05) is 25.1 Å². The van der Waals surface area contributed by atoms with Crippen molar-refractivity contribution in [2.45, 2.75) is 45.9 Å². The molecule has 1 aliphatic rings. The summed E-state index contributed by atoms with van der Waals surface area (Å²) in [4.78, 5) is 12.6.